The van der Waals surface area contributed by atoms with Crippen LogP contribution < -0.4 is 15.4 Å². The molecule has 0 spiro atoms. The summed E-state index contributed by atoms with van der Waals surface area (Å²) in [5, 5.41) is 5.62. The van der Waals surface area contributed by atoms with Gasteiger partial charge in [-0.1, -0.05) is 32.0 Å². The van der Waals surface area contributed by atoms with Crippen molar-refractivity contribution in [3.05, 3.63) is 54.0 Å². The second kappa shape index (κ2) is 9.08. The monoisotopic (exact) mass is 358 g/mol. The van der Waals surface area contributed by atoms with Gasteiger partial charge in [-0.2, -0.15) is 0 Å². The molecule has 2 amide bonds. The van der Waals surface area contributed by atoms with Gasteiger partial charge in [0.15, 0.2) is 6.61 Å². The number of carbonyl (C=O) groups is 2. The second-order valence-corrected chi connectivity index (χ2v) is 6.57. The van der Waals surface area contributed by atoms with E-state index in [2.05, 4.69) is 10.6 Å². The molecule has 2 aromatic rings. The van der Waals surface area contributed by atoms with E-state index < -0.39 is 6.04 Å². The first-order chi connectivity index (χ1) is 12.4. The summed E-state index contributed by atoms with van der Waals surface area (Å²) in [6.07, 6.45) is 0. The molecule has 2 rings (SSSR count). The molecule has 0 bridgehead atoms. The van der Waals surface area contributed by atoms with Gasteiger partial charge in [-0.3, -0.25) is 9.59 Å². The average Bonchev–Trinajstić information content (AvgIpc) is 3.05. The van der Waals surface area contributed by atoms with Gasteiger partial charge in [0.05, 0.1) is 6.04 Å². The van der Waals surface area contributed by atoms with E-state index in [0.717, 1.165) is 5.76 Å². The number of para-hydroxylation sites is 1. The number of ether oxygens (including phenoxy) is 1. The van der Waals surface area contributed by atoms with E-state index in [1.807, 2.05) is 58.0 Å². The minimum Gasteiger partial charge on any atom is -0.484 e. The average molecular weight is 358 g/mol. The van der Waals surface area contributed by atoms with Crippen LogP contribution in [0.2, 0.25) is 0 Å². The van der Waals surface area contributed by atoms with Gasteiger partial charge >= 0.3 is 0 Å². The highest BCUT2D eigenvalue weighted by molar-refractivity contribution is 5.88. The smallest absolute Gasteiger partial charge is 0.258 e. The molecule has 0 aliphatic rings. The molecule has 26 heavy (non-hydrogen) atoms. The Hall–Kier alpha value is -2.76. The minimum atomic E-state index is -0.652. The number of carbonyl (C=O) groups excluding carboxylic acids is 2. The molecule has 2 atom stereocenters. The van der Waals surface area contributed by atoms with Gasteiger partial charge in [0, 0.05) is 0 Å². The van der Waals surface area contributed by atoms with Gasteiger partial charge in [0.1, 0.15) is 23.3 Å². The maximum absolute atomic E-state index is 12.6. The van der Waals surface area contributed by atoms with Crippen molar-refractivity contribution in [3.8, 4) is 5.75 Å². The van der Waals surface area contributed by atoms with Crippen molar-refractivity contribution >= 4 is 11.8 Å². The molecular formula is C20H26N2O4. The number of nitrogens with one attached hydrogen (secondary N) is 2. The molecule has 0 saturated heterocycles. The molecule has 2 unspecified atom stereocenters. The van der Waals surface area contributed by atoms with E-state index in [1.54, 1.807) is 12.1 Å². The van der Waals surface area contributed by atoms with Crippen molar-refractivity contribution in [1.82, 2.24) is 10.6 Å². The van der Waals surface area contributed by atoms with E-state index >= 15 is 0 Å². The molecule has 0 radical (unpaired) electrons. The Labute approximate surface area is 153 Å². The molecule has 0 saturated carbocycles. The maximum Gasteiger partial charge on any atom is 0.258 e. The summed E-state index contributed by atoms with van der Waals surface area (Å²) in [5.41, 5.74) is 0. The fraction of sp³-hybridized carbons (Fsp3) is 0.400. The molecular weight excluding hydrogens is 332 g/mol. The first-order valence-electron chi connectivity index (χ1n) is 8.70. The Morgan fingerprint density at radius 2 is 1.73 bits per heavy atom. The Morgan fingerprint density at radius 1 is 1.04 bits per heavy atom. The van der Waals surface area contributed by atoms with Crippen LogP contribution >= 0.6 is 0 Å². The zero-order chi connectivity index (χ0) is 19.1. The Balaban J connectivity index is 1.90. The molecule has 140 valence electrons. The summed E-state index contributed by atoms with van der Waals surface area (Å²) in [6.45, 7) is 7.30. The van der Waals surface area contributed by atoms with E-state index in [4.69, 9.17) is 9.15 Å². The number of amides is 2. The molecule has 0 aliphatic carbocycles. The van der Waals surface area contributed by atoms with Crippen molar-refractivity contribution < 1.29 is 18.7 Å². The van der Waals surface area contributed by atoms with Gasteiger partial charge in [-0.05, 0) is 44.0 Å². The van der Waals surface area contributed by atoms with E-state index in [0.29, 0.717) is 11.5 Å². The fourth-order valence-electron chi connectivity index (χ4n) is 2.48. The van der Waals surface area contributed by atoms with Crippen LogP contribution in [0.5, 0.6) is 5.75 Å². The molecule has 6 nitrogen and oxygen atoms in total. The summed E-state index contributed by atoms with van der Waals surface area (Å²) in [4.78, 5) is 24.7. The van der Waals surface area contributed by atoms with Crippen LogP contribution in [0.4, 0.5) is 0 Å². The van der Waals surface area contributed by atoms with Crippen molar-refractivity contribution in [1.29, 1.82) is 0 Å². The van der Waals surface area contributed by atoms with Crippen LogP contribution in [0.3, 0.4) is 0 Å². The standard InChI is InChI=1S/C20H26N2O4/c1-13(2)19(20(24)21-15(4)17-11-10-14(3)26-17)22-18(23)12-25-16-8-6-5-7-9-16/h5-11,13,15,19H,12H2,1-4H3,(H,21,24)(H,22,23). The maximum atomic E-state index is 12.6. The van der Waals surface area contributed by atoms with Gasteiger partial charge in [0.2, 0.25) is 5.91 Å². The molecule has 0 aliphatic heterocycles. The van der Waals surface area contributed by atoms with Crippen LogP contribution in [0.1, 0.15) is 38.3 Å². The van der Waals surface area contributed by atoms with Crippen LogP contribution in [0, 0.1) is 12.8 Å². The van der Waals surface area contributed by atoms with Crippen molar-refractivity contribution in [2.24, 2.45) is 5.92 Å². The summed E-state index contributed by atoms with van der Waals surface area (Å²) >= 11 is 0. The minimum absolute atomic E-state index is 0.0683. The third-order valence-corrected chi connectivity index (χ3v) is 3.93. The Kier molecular flexibility index (Phi) is 6.83. The normalized spacial score (nSPS) is 13.1. The Bertz CT molecular complexity index is 724. The molecule has 1 aromatic heterocycles. The van der Waals surface area contributed by atoms with Crippen LogP contribution in [0.25, 0.3) is 0 Å². The van der Waals surface area contributed by atoms with Gasteiger partial charge in [-0.25, -0.2) is 0 Å². The van der Waals surface area contributed by atoms with Crippen LogP contribution in [0.15, 0.2) is 46.9 Å². The fourth-order valence-corrected chi connectivity index (χ4v) is 2.48. The SMILES string of the molecule is Cc1ccc(C(C)NC(=O)C(NC(=O)COc2ccccc2)C(C)C)o1. The number of aryl methyl sites for hydroxylation is 1. The van der Waals surface area contributed by atoms with Crippen LogP contribution in [-0.4, -0.2) is 24.5 Å². The number of benzene rings is 1. The first-order valence-corrected chi connectivity index (χ1v) is 8.70. The van der Waals surface area contributed by atoms with Crippen LogP contribution in [-0.2, 0) is 9.59 Å². The third kappa shape index (κ3) is 5.65. The zero-order valence-electron chi connectivity index (χ0n) is 15.6. The summed E-state index contributed by atoms with van der Waals surface area (Å²) < 4.78 is 11.0. The number of furan rings is 1. The number of hydrogen-bond acceptors (Lipinski definition) is 4. The lowest BCUT2D eigenvalue weighted by molar-refractivity contribution is -0.131. The van der Waals surface area contributed by atoms with Gasteiger partial charge < -0.3 is 19.8 Å². The molecule has 2 N–H and O–H groups in total. The highest BCUT2D eigenvalue weighted by Crippen LogP contribution is 2.16. The molecule has 6 heteroatoms. The lowest BCUT2D eigenvalue weighted by Crippen LogP contribution is -2.51. The van der Waals surface area contributed by atoms with E-state index in [-0.39, 0.29) is 30.4 Å². The van der Waals surface area contributed by atoms with Crippen molar-refractivity contribution in [2.45, 2.75) is 39.8 Å². The summed E-state index contributed by atoms with van der Waals surface area (Å²) in [6, 6.07) is 11.8. The largest absolute Gasteiger partial charge is 0.484 e. The topological polar surface area (TPSA) is 80.6 Å². The quantitative estimate of drug-likeness (QED) is 0.760. The summed E-state index contributed by atoms with van der Waals surface area (Å²) in [5.74, 6) is 1.40. The lowest BCUT2D eigenvalue weighted by Gasteiger charge is -2.23. The molecule has 1 aromatic carbocycles. The highest BCUT2D eigenvalue weighted by Gasteiger charge is 2.26. The van der Waals surface area contributed by atoms with Crippen molar-refractivity contribution in [2.75, 3.05) is 6.61 Å². The molecule has 0 fully saturated rings. The lowest BCUT2D eigenvalue weighted by atomic mass is 10.0. The zero-order valence-corrected chi connectivity index (χ0v) is 15.6. The third-order valence-electron chi connectivity index (χ3n) is 3.93. The predicted molar refractivity (Wildman–Crippen MR) is 98.7 cm³/mol. The second-order valence-electron chi connectivity index (χ2n) is 6.57. The number of hydrogen-bond donors (Lipinski definition) is 2. The van der Waals surface area contributed by atoms with Gasteiger partial charge in [-0.15, -0.1) is 0 Å². The van der Waals surface area contributed by atoms with E-state index in [9.17, 15) is 9.59 Å². The van der Waals surface area contributed by atoms with E-state index in [1.165, 1.54) is 0 Å². The number of rotatable bonds is 8. The predicted octanol–water partition coefficient (Wildman–Crippen LogP) is 2.99. The first kappa shape index (κ1) is 19.6. The van der Waals surface area contributed by atoms with Crippen molar-refractivity contribution in [3.63, 3.8) is 0 Å². The Morgan fingerprint density at radius 3 is 2.31 bits per heavy atom. The summed E-state index contributed by atoms with van der Waals surface area (Å²) in [7, 11) is 0. The van der Waals surface area contributed by atoms with Gasteiger partial charge in [0.25, 0.3) is 5.91 Å². The highest BCUT2D eigenvalue weighted by atomic mass is 16.5. The molecule has 1 heterocycles.